The Balaban J connectivity index is 1.66. The van der Waals surface area contributed by atoms with Crippen LogP contribution in [0.15, 0.2) is 128 Å². The number of rotatable bonds is 9. The van der Waals surface area contributed by atoms with Gasteiger partial charge in [0.1, 0.15) is 5.54 Å². The summed E-state index contributed by atoms with van der Waals surface area (Å²) in [4.78, 5) is 12.9. The van der Waals surface area contributed by atoms with Crippen LogP contribution >= 0.6 is 0 Å². The first-order valence-electron chi connectivity index (χ1n) is 13.7. The first-order valence-corrected chi connectivity index (χ1v) is 13.7. The van der Waals surface area contributed by atoms with Crippen molar-refractivity contribution < 1.29 is 14.6 Å². The van der Waals surface area contributed by atoms with Gasteiger partial charge in [0.15, 0.2) is 0 Å². The molecule has 0 atom stereocenters. The number of esters is 1. The van der Waals surface area contributed by atoms with Crippen molar-refractivity contribution in [2.45, 2.75) is 19.1 Å². The van der Waals surface area contributed by atoms with E-state index in [1.165, 1.54) is 0 Å². The van der Waals surface area contributed by atoms with Gasteiger partial charge in [-0.05, 0) is 57.8 Å². The van der Waals surface area contributed by atoms with Crippen LogP contribution in [-0.4, -0.2) is 42.5 Å². The minimum atomic E-state index is -0.956. The third kappa shape index (κ3) is 4.67. The third-order valence-electron chi connectivity index (χ3n) is 7.32. The van der Waals surface area contributed by atoms with E-state index in [0.29, 0.717) is 17.1 Å². The van der Waals surface area contributed by atoms with Gasteiger partial charge in [-0.1, -0.05) is 103 Å². The summed E-state index contributed by atoms with van der Waals surface area (Å²) in [5.74, 6) is 0.0114. The highest BCUT2D eigenvalue weighted by atomic mass is 16.5. The first-order chi connectivity index (χ1) is 20.7. The van der Waals surface area contributed by atoms with Crippen LogP contribution in [0.3, 0.4) is 0 Å². The van der Waals surface area contributed by atoms with Crippen molar-refractivity contribution in [2.75, 3.05) is 6.61 Å². The Morgan fingerprint density at radius 2 is 1.36 bits per heavy atom. The predicted octanol–water partition coefficient (Wildman–Crippen LogP) is 5.64. The lowest BCUT2D eigenvalue weighted by Crippen LogP contribution is -2.39. The highest BCUT2D eigenvalue weighted by molar-refractivity contribution is 5.91. The fourth-order valence-corrected chi connectivity index (χ4v) is 5.41. The molecule has 0 aliphatic heterocycles. The Kier molecular flexibility index (Phi) is 7.45. The van der Waals surface area contributed by atoms with Crippen LogP contribution in [0.5, 0.6) is 0 Å². The summed E-state index contributed by atoms with van der Waals surface area (Å²) in [6, 6.07) is 39.6. The van der Waals surface area contributed by atoms with Crippen molar-refractivity contribution in [3.63, 3.8) is 0 Å². The molecular weight excluding hydrogens is 526 g/mol. The number of carbonyl (C=O) groups is 1. The summed E-state index contributed by atoms with van der Waals surface area (Å²) in [5, 5.41) is 23.0. The number of aliphatic hydroxyl groups excluding tert-OH is 1. The van der Waals surface area contributed by atoms with Gasteiger partial charge < -0.3 is 14.4 Å². The summed E-state index contributed by atoms with van der Waals surface area (Å²) in [6.45, 7) is 1.96. The van der Waals surface area contributed by atoms with Crippen molar-refractivity contribution in [3.8, 4) is 17.2 Å². The summed E-state index contributed by atoms with van der Waals surface area (Å²) >= 11 is 0. The van der Waals surface area contributed by atoms with Crippen LogP contribution in [0.4, 0.5) is 0 Å². The van der Waals surface area contributed by atoms with Gasteiger partial charge in [-0.15, -0.1) is 5.10 Å². The molecule has 0 bridgehead atoms. The molecule has 0 spiro atoms. The number of benzene rings is 4. The van der Waals surface area contributed by atoms with E-state index in [4.69, 9.17) is 4.74 Å². The molecule has 0 saturated carbocycles. The molecule has 0 radical (unpaired) electrons. The zero-order chi connectivity index (χ0) is 28.9. The smallest absolute Gasteiger partial charge is 0.339 e. The molecule has 208 valence electrons. The lowest BCUT2D eigenvalue weighted by atomic mass is 9.77. The summed E-state index contributed by atoms with van der Waals surface area (Å²) in [6.07, 6.45) is 1.73. The van der Waals surface area contributed by atoms with E-state index in [9.17, 15) is 9.90 Å². The number of hydrogen-bond acceptors (Lipinski definition) is 6. The van der Waals surface area contributed by atoms with Gasteiger partial charge in [-0.3, -0.25) is 0 Å². The second-order valence-electron chi connectivity index (χ2n) is 9.75. The zero-order valence-electron chi connectivity index (χ0n) is 23.0. The Morgan fingerprint density at radius 1 is 0.810 bits per heavy atom. The van der Waals surface area contributed by atoms with Gasteiger partial charge in [0.05, 0.1) is 24.5 Å². The maximum atomic E-state index is 12.9. The Morgan fingerprint density at radius 3 is 1.86 bits per heavy atom. The predicted molar refractivity (Wildman–Crippen MR) is 159 cm³/mol. The van der Waals surface area contributed by atoms with Crippen LogP contribution in [-0.2, 0) is 16.9 Å². The Labute approximate surface area is 243 Å². The van der Waals surface area contributed by atoms with E-state index in [1.807, 2.05) is 88.1 Å². The molecule has 0 fully saturated rings. The van der Waals surface area contributed by atoms with Crippen LogP contribution in [0.1, 0.15) is 39.5 Å². The fourth-order valence-electron chi connectivity index (χ4n) is 5.41. The topological polar surface area (TPSA) is 95.1 Å². The average Bonchev–Trinajstić information content (AvgIpc) is 3.72. The maximum absolute atomic E-state index is 12.9. The molecule has 6 rings (SSSR count). The molecule has 8 nitrogen and oxygen atoms in total. The second-order valence-corrected chi connectivity index (χ2v) is 9.75. The SMILES string of the molecule is CCOC(=O)c1cc(-c2nnnn2C(c2ccccc2)(c2ccccc2)c2ccccc2)n(-c2ccc(CO)cc2)c1. The van der Waals surface area contributed by atoms with Crippen molar-refractivity contribution in [1.82, 2.24) is 24.8 Å². The van der Waals surface area contributed by atoms with Gasteiger partial charge >= 0.3 is 5.97 Å². The molecule has 0 unspecified atom stereocenters. The molecule has 1 N–H and O–H groups in total. The van der Waals surface area contributed by atoms with E-state index in [0.717, 1.165) is 27.9 Å². The number of carbonyl (C=O) groups excluding carboxylic acids is 1. The molecule has 0 amide bonds. The number of nitrogens with zero attached hydrogens (tertiary/aromatic N) is 5. The van der Waals surface area contributed by atoms with Gasteiger partial charge in [0.25, 0.3) is 0 Å². The zero-order valence-corrected chi connectivity index (χ0v) is 23.0. The highest BCUT2D eigenvalue weighted by Gasteiger charge is 2.42. The number of hydrogen-bond donors (Lipinski definition) is 1. The van der Waals surface area contributed by atoms with E-state index < -0.39 is 11.5 Å². The van der Waals surface area contributed by atoms with Crippen LogP contribution in [0, 0.1) is 0 Å². The highest BCUT2D eigenvalue weighted by Crippen LogP contribution is 2.42. The average molecular weight is 556 g/mol. The van der Waals surface area contributed by atoms with Gasteiger partial charge in [0, 0.05) is 11.9 Å². The van der Waals surface area contributed by atoms with Gasteiger partial charge in [-0.2, -0.15) is 0 Å². The maximum Gasteiger partial charge on any atom is 0.339 e. The van der Waals surface area contributed by atoms with Crippen LogP contribution in [0.25, 0.3) is 17.2 Å². The number of aromatic nitrogens is 5. The normalized spacial score (nSPS) is 11.4. The Hall–Kier alpha value is -5.34. The van der Waals surface area contributed by atoms with Crippen molar-refractivity contribution in [3.05, 3.63) is 155 Å². The summed E-state index contributed by atoms with van der Waals surface area (Å²) < 4.78 is 9.05. The lowest BCUT2D eigenvalue weighted by molar-refractivity contribution is 0.0526. The molecule has 8 heteroatoms. The molecule has 0 aliphatic rings. The molecule has 42 heavy (non-hydrogen) atoms. The molecule has 0 saturated heterocycles. The second kappa shape index (κ2) is 11.6. The van der Waals surface area contributed by atoms with E-state index in [1.54, 1.807) is 19.2 Å². The minimum absolute atomic E-state index is 0.0706. The van der Waals surface area contributed by atoms with Crippen molar-refractivity contribution in [2.24, 2.45) is 0 Å². The van der Waals surface area contributed by atoms with Crippen molar-refractivity contribution >= 4 is 5.97 Å². The minimum Gasteiger partial charge on any atom is -0.462 e. The van der Waals surface area contributed by atoms with E-state index >= 15 is 0 Å². The van der Waals surface area contributed by atoms with E-state index in [2.05, 4.69) is 51.9 Å². The number of tetrazole rings is 1. The molecular formula is C34H29N5O3. The summed E-state index contributed by atoms with van der Waals surface area (Å²) in [7, 11) is 0. The standard InChI is InChI=1S/C34H29N5O3/c1-2-42-33(41)26-22-31(38(23-26)30-20-18-25(24-40)19-21-30)32-35-36-37-39(32)34(27-12-6-3-7-13-27,28-14-8-4-9-15-28)29-16-10-5-11-17-29/h3-23,40H,2,24H2,1H3. The largest absolute Gasteiger partial charge is 0.462 e. The fraction of sp³-hybridized carbons (Fsp3) is 0.118. The Bertz CT molecular complexity index is 1680. The third-order valence-corrected chi connectivity index (χ3v) is 7.32. The van der Waals surface area contributed by atoms with Crippen LogP contribution in [0.2, 0.25) is 0 Å². The molecule has 2 aromatic heterocycles. The quantitative estimate of drug-likeness (QED) is 0.183. The summed E-state index contributed by atoms with van der Waals surface area (Å²) in [5.41, 5.74) is 4.47. The number of aliphatic hydroxyl groups is 1. The van der Waals surface area contributed by atoms with Gasteiger partial charge in [-0.25, -0.2) is 9.48 Å². The van der Waals surface area contributed by atoms with Crippen LogP contribution < -0.4 is 0 Å². The molecule has 4 aromatic carbocycles. The molecule has 0 aliphatic carbocycles. The first kappa shape index (κ1) is 26.9. The van der Waals surface area contributed by atoms with Gasteiger partial charge in [0.2, 0.25) is 5.82 Å². The van der Waals surface area contributed by atoms with Crippen molar-refractivity contribution in [1.29, 1.82) is 0 Å². The lowest BCUT2D eigenvalue weighted by Gasteiger charge is -2.36. The molecule has 6 aromatic rings. The number of ether oxygens (including phenoxy) is 1. The molecule has 2 heterocycles. The monoisotopic (exact) mass is 555 g/mol. The van der Waals surface area contributed by atoms with E-state index in [-0.39, 0.29) is 13.2 Å².